The van der Waals surface area contributed by atoms with Crippen LogP contribution in [0.4, 0.5) is 0 Å². The predicted octanol–water partition coefficient (Wildman–Crippen LogP) is 4.06. The molecule has 0 fully saturated rings. The summed E-state index contributed by atoms with van der Waals surface area (Å²) in [5.41, 5.74) is 0. The summed E-state index contributed by atoms with van der Waals surface area (Å²) in [6, 6.07) is 0. The molecule has 0 aromatic heterocycles. The van der Waals surface area contributed by atoms with Crippen molar-refractivity contribution in [3.8, 4) is 0 Å². The van der Waals surface area contributed by atoms with E-state index in [9.17, 15) is 0 Å². The van der Waals surface area contributed by atoms with Crippen molar-refractivity contribution in [3.05, 3.63) is 0 Å². The first kappa shape index (κ1) is 13.1. The highest BCUT2D eigenvalue weighted by Gasteiger charge is 2.16. The largest absolute Gasteiger partial charge is 0.0884 e. The summed E-state index contributed by atoms with van der Waals surface area (Å²) in [7, 11) is 5.56. The average molecular weight is 180 g/mol. The van der Waals surface area contributed by atoms with Crippen LogP contribution >= 0.6 is 0 Å². The van der Waals surface area contributed by atoms with Gasteiger partial charge in [-0.1, -0.05) is 53.3 Å². The van der Waals surface area contributed by atoms with Crippen LogP contribution in [0.3, 0.4) is 0 Å². The molecule has 0 spiro atoms. The van der Waals surface area contributed by atoms with Crippen LogP contribution in [0.25, 0.3) is 0 Å². The highest BCUT2D eigenvalue weighted by molar-refractivity contribution is 6.08. The van der Waals surface area contributed by atoms with Gasteiger partial charge in [0, 0.05) is 0 Å². The third-order valence-corrected chi connectivity index (χ3v) is 3.34. The molecule has 0 rings (SSSR count). The lowest BCUT2D eigenvalue weighted by Crippen LogP contribution is -2.13. The van der Waals surface area contributed by atoms with Gasteiger partial charge in [-0.3, -0.25) is 0 Å². The summed E-state index contributed by atoms with van der Waals surface area (Å²) in [5, 5.41) is 0. The lowest BCUT2D eigenvalue weighted by molar-refractivity contribution is 0.273. The zero-order valence-electron chi connectivity index (χ0n) is 9.84. The van der Waals surface area contributed by atoms with Crippen LogP contribution in [0, 0.1) is 17.8 Å². The summed E-state index contributed by atoms with van der Waals surface area (Å²) >= 11 is 0. The summed E-state index contributed by atoms with van der Waals surface area (Å²) in [6.45, 7) is 9.31. The Labute approximate surface area is 85.9 Å². The normalized spacial score (nSPS) is 18.2. The molecule has 3 atom stereocenters. The third-order valence-electron chi connectivity index (χ3n) is 3.34. The van der Waals surface area contributed by atoms with Gasteiger partial charge in [-0.2, -0.15) is 0 Å². The second-order valence-corrected chi connectivity index (χ2v) is 4.47. The SMILES string of the molecule is [B]CCC(C)CC(CC)[C@@H](C)CC. The molecule has 0 aromatic rings. The molecule has 2 unspecified atom stereocenters. The highest BCUT2D eigenvalue weighted by Crippen LogP contribution is 2.27. The van der Waals surface area contributed by atoms with Gasteiger partial charge in [0.15, 0.2) is 0 Å². The van der Waals surface area contributed by atoms with Gasteiger partial charge < -0.3 is 0 Å². The van der Waals surface area contributed by atoms with Gasteiger partial charge in [0.2, 0.25) is 0 Å². The van der Waals surface area contributed by atoms with Gasteiger partial charge in [0.05, 0.1) is 7.85 Å². The first-order valence-corrected chi connectivity index (χ1v) is 5.85. The van der Waals surface area contributed by atoms with Crippen molar-refractivity contribution in [3.63, 3.8) is 0 Å². The highest BCUT2D eigenvalue weighted by atomic mass is 14.2. The Morgan fingerprint density at radius 3 is 2.08 bits per heavy atom. The minimum absolute atomic E-state index is 0.809. The molecule has 2 radical (unpaired) electrons. The summed E-state index contributed by atoms with van der Waals surface area (Å²) in [5.74, 6) is 2.60. The molecule has 1 heteroatoms. The van der Waals surface area contributed by atoms with E-state index in [4.69, 9.17) is 7.85 Å². The zero-order chi connectivity index (χ0) is 10.3. The fourth-order valence-electron chi connectivity index (χ4n) is 2.05. The Morgan fingerprint density at radius 1 is 1.08 bits per heavy atom. The molecule has 0 nitrogen and oxygen atoms in total. The van der Waals surface area contributed by atoms with Crippen LogP contribution in [0.15, 0.2) is 0 Å². The molecule has 0 aromatic carbocycles. The maximum atomic E-state index is 5.56. The van der Waals surface area contributed by atoms with Gasteiger partial charge in [0.1, 0.15) is 0 Å². The monoisotopic (exact) mass is 180 g/mol. The summed E-state index contributed by atoms with van der Waals surface area (Å²) in [6.07, 6.45) is 6.03. The minimum atomic E-state index is 0.809. The van der Waals surface area contributed by atoms with Crippen LogP contribution in [-0.4, -0.2) is 7.85 Å². The van der Waals surface area contributed by atoms with E-state index in [-0.39, 0.29) is 0 Å². The van der Waals surface area contributed by atoms with E-state index in [1.807, 2.05) is 0 Å². The summed E-state index contributed by atoms with van der Waals surface area (Å²) < 4.78 is 0. The van der Waals surface area contributed by atoms with Gasteiger partial charge >= 0.3 is 0 Å². The Kier molecular flexibility index (Phi) is 7.50. The minimum Gasteiger partial charge on any atom is -0.0884 e. The van der Waals surface area contributed by atoms with Crippen LogP contribution < -0.4 is 0 Å². The molecular weight excluding hydrogens is 155 g/mol. The maximum absolute atomic E-state index is 5.56. The van der Waals surface area contributed by atoms with Gasteiger partial charge in [0.25, 0.3) is 0 Å². The van der Waals surface area contributed by atoms with Gasteiger partial charge in [-0.25, -0.2) is 0 Å². The van der Waals surface area contributed by atoms with Crippen molar-refractivity contribution < 1.29 is 0 Å². The van der Waals surface area contributed by atoms with Crippen molar-refractivity contribution in [1.29, 1.82) is 0 Å². The Bertz CT molecular complexity index is 112. The lowest BCUT2D eigenvalue weighted by atomic mass is 9.80. The van der Waals surface area contributed by atoms with E-state index >= 15 is 0 Å². The number of hydrogen-bond acceptors (Lipinski definition) is 0. The van der Waals surface area contributed by atoms with Crippen molar-refractivity contribution in [2.24, 2.45) is 17.8 Å². The van der Waals surface area contributed by atoms with Crippen LogP contribution in [0.5, 0.6) is 0 Å². The molecule has 0 bridgehead atoms. The second kappa shape index (κ2) is 7.47. The zero-order valence-corrected chi connectivity index (χ0v) is 9.84. The van der Waals surface area contributed by atoms with E-state index < -0.39 is 0 Å². The van der Waals surface area contributed by atoms with Crippen molar-refractivity contribution in [2.75, 3.05) is 0 Å². The first-order valence-electron chi connectivity index (χ1n) is 5.85. The molecule has 0 saturated carbocycles. The first-order chi connectivity index (χ1) is 6.15. The Morgan fingerprint density at radius 2 is 1.69 bits per heavy atom. The quantitative estimate of drug-likeness (QED) is 0.518. The molecule has 13 heavy (non-hydrogen) atoms. The molecule has 0 amide bonds. The van der Waals surface area contributed by atoms with E-state index in [0.29, 0.717) is 0 Å². The molecular formula is C12H25B. The lowest BCUT2D eigenvalue weighted by Gasteiger charge is -2.24. The topological polar surface area (TPSA) is 0 Å². The molecule has 76 valence electrons. The molecule has 0 heterocycles. The Balaban J connectivity index is 3.82. The van der Waals surface area contributed by atoms with Crippen molar-refractivity contribution in [2.45, 2.75) is 59.7 Å². The van der Waals surface area contributed by atoms with Crippen LogP contribution in [0.2, 0.25) is 6.32 Å². The molecule has 0 N–H and O–H groups in total. The smallest absolute Gasteiger partial charge is 0.0653 e. The van der Waals surface area contributed by atoms with Crippen molar-refractivity contribution >= 4 is 7.85 Å². The third kappa shape index (κ3) is 5.39. The van der Waals surface area contributed by atoms with E-state index in [1.165, 1.54) is 25.7 Å². The number of rotatable bonds is 7. The number of hydrogen-bond donors (Lipinski definition) is 0. The van der Waals surface area contributed by atoms with Gasteiger partial charge in [-0.05, 0) is 24.2 Å². The second-order valence-electron chi connectivity index (χ2n) is 4.47. The standard InChI is InChI=1S/C12H25B/c1-5-11(4)12(6-2)9-10(3)7-8-13/h10-12H,5-9H2,1-4H3/t10?,11-,12?/m0/s1. The van der Waals surface area contributed by atoms with Crippen LogP contribution in [-0.2, 0) is 0 Å². The van der Waals surface area contributed by atoms with Crippen LogP contribution in [0.1, 0.15) is 53.4 Å². The summed E-state index contributed by atoms with van der Waals surface area (Å²) in [4.78, 5) is 0. The van der Waals surface area contributed by atoms with E-state index in [1.54, 1.807) is 0 Å². The molecule has 0 aliphatic carbocycles. The maximum Gasteiger partial charge on any atom is 0.0653 e. The Hall–Kier alpha value is 0.0649. The average Bonchev–Trinajstić information content (AvgIpc) is 2.13. The van der Waals surface area contributed by atoms with E-state index in [2.05, 4.69) is 27.7 Å². The molecule has 0 saturated heterocycles. The van der Waals surface area contributed by atoms with Gasteiger partial charge in [-0.15, -0.1) is 0 Å². The molecule has 0 aliphatic rings. The predicted molar refractivity (Wildman–Crippen MR) is 62.2 cm³/mol. The van der Waals surface area contributed by atoms with Crippen molar-refractivity contribution in [1.82, 2.24) is 0 Å². The molecule has 0 aliphatic heterocycles. The fraction of sp³-hybridized carbons (Fsp3) is 1.00. The van der Waals surface area contributed by atoms with E-state index in [0.717, 1.165) is 24.1 Å². The fourth-order valence-corrected chi connectivity index (χ4v) is 2.05.